The number of nitrogens with zero attached hydrogens (tertiary/aromatic N) is 2. The second kappa shape index (κ2) is 7.85. The summed E-state index contributed by atoms with van der Waals surface area (Å²) in [7, 11) is 1.19. The molecule has 0 aliphatic carbocycles. The topological polar surface area (TPSA) is 133 Å². The van der Waals surface area contributed by atoms with Crippen molar-refractivity contribution in [2.45, 2.75) is 18.9 Å². The number of carbonyl (C=O) groups is 3. The highest BCUT2D eigenvalue weighted by Crippen LogP contribution is 2.04. The van der Waals surface area contributed by atoms with Gasteiger partial charge in [0.05, 0.1) is 12.6 Å². The largest absolute Gasteiger partial charge is 0.398 e. The quantitative estimate of drug-likeness (QED) is 0.395. The van der Waals surface area contributed by atoms with Gasteiger partial charge in [0.25, 0.3) is 5.91 Å². The second-order valence-corrected chi connectivity index (χ2v) is 3.98. The molecule has 1 fully saturated rings. The zero-order valence-corrected chi connectivity index (χ0v) is 10.9. The fourth-order valence-electron chi connectivity index (χ4n) is 1.63. The molecule has 1 aliphatic rings. The number of oxime groups is 1. The van der Waals surface area contributed by atoms with Crippen molar-refractivity contribution >= 4 is 23.4 Å². The molecule has 1 rings (SSSR count). The van der Waals surface area contributed by atoms with Crippen molar-refractivity contribution in [1.29, 1.82) is 5.26 Å². The Balaban J connectivity index is 2.36. The summed E-state index contributed by atoms with van der Waals surface area (Å²) in [5, 5.41) is 19.0. The molecule has 0 saturated carbocycles. The van der Waals surface area contributed by atoms with E-state index in [9.17, 15) is 14.4 Å². The number of rotatable bonds is 5. The van der Waals surface area contributed by atoms with Crippen molar-refractivity contribution in [2.24, 2.45) is 5.16 Å². The van der Waals surface area contributed by atoms with Crippen LogP contribution in [-0.2, 0) is 19.2 Å². The number of amides is 3. The first-order chi connectivity index (χ1) is 9.58. The molecule has 9 heteroatoms. The maximum atomic E-state index is 11.6. The third kappa shape index (κ3) is 4.66. The Bertz CT molecular complexity index is 462. The van der Waals surface area contributed by atoms with Crippen molar-refractivity contribution < 1.29 is 19.2 Å². The molecule has 20 heavy (non-hydrogen) atoms. The van der Waals surface area contributed by atoms with Crippen molar-refractivity contribution in [1.82, 2.24) is 16.0 Å². The van der Waals surface area contributed by atoms with Crippen LogP contribution in [0.1, 0.15) is 12.8 Å². The van der Waals surface area contributed by atoms with Crippen LogP contribution >= 0.6 is 0 Å². The average Bonchev–Trinajstić information content (AvgIpc) is 2.96. The van der Waals surface area contributed by atoms with E-state index < -0.39 is 30.0 Å². The van der Waals surface area contributed by atoms with E-state index in [-0.39, 0.29) is 6.04 Å². The van der Waals surface area contributed by atoms with Crippen LogP contribution < -0.4 is 16.0 Å². The molecule has 3 N–H and O–H groups in total. The predicted molar refractivity (Wildman–Crippen MR) is 67.2 cm³/mol. The third-order valence-electron chi connectivity index (χ3n) is 2.55. The van der Waals surface area contributed by atoms with Gasteiger partial charge in [-0.05, 0) is 19.4 Å². The Morgan fingerprint density at radius 2 is 2.25 bits per heavy atom. The Morgan fingerprint density at radius 3 is 2.80 bits per heavy atom. The number of nitriles is 1. The van der Waals surface area contributed by atoms with E-state index in [1.807, 2.05) is 0 Å². The smallest absolute Gasteiger partial charge is 0.284 e. The Morgan fingerprint density at radius 1 is 1.50 bits per heavy atom. The third-order valence-corrected chi connectivity index (χ3v) is 2.55. The molecule has 1 heterocycles. The van der Waals surface area contributed by atoms with Gasteiger partial charge in [0.15, 0.2) is 0 Å². The van der Waals surface area contributed by atoms with E-state index in [0.717, 1.165) is 13.0 Å². The Hall–Kier alpha value is -2.47. The first-order valence-corrected chi connectivity index (χ1v) is 5.95. The molecule has 1 aliphatic heterocycles. The lowest BCUT2D eigenvalue weighted by molar-refractivity contribution is -0.132. The van der Waals surface area contributed by atoms with Gasteiger partial charge in [-0.15, -0.1) is 0 Å². The van der Waals surface area contributed by atoms with E-state index in [2.05, 4.69) is 25.9 Å². The summed E-state index contributed by atoms with van der Waals surface area (Å²) in [5.41, 5.74) is -0.510. The minimum Gasteiger partial charge on any atom is -0.398 e. The molecule has 0 bridgehead atoms. The van der Waals surface area contributed by atoms with Gasteiger partial charge >= 0.3 is 0 Å². The fourth-order valence-corrected chi connectivity index (χ4v) is 1.63. The second-order valence-electron chi connectivity index (χ2n) is 3.98. The standard InChI is InChI=1S/C11H15N5O4/c1-20-16-8(5-12)10(18)14-6-9(17)15-11(19)7-3-2-4-13-7/h7,13H,2-4,6H2,1H3,(H,14,18)(H,15,17,19)/b16-8+/t7-/m0/s1. The van der Waals surface area contributed by atoms with E-state index in [4.69, 9.17) is 5.26 Å². The van der Waals surface area contributed by atoms with Crippen molar-refractivity contribution in [3.05, 3.63) is 0 Å². The summed E-state index contributed by atoms with van der Waals surface area (Å²) >= 11 is 0. The average molecular weight is 281 g/mol. The van der Waals surface area contributed by atoms with Crippen molar-refractivity contribution in [3.8, 4) is 6.07 Å². The van der Waals surface area contributed by atoms with Gasteiger partial charge in [-0.1, -0.05) is 5.16 Å². The van der Waals surface area contributed by atoms with Gasteiger partial charge in [-0.2, -0.15) is 5.26 Å². The van der Waals surface area contributed by atoms with E-state index >= 15 is 0 Å². The SMILES string of the molecule is CO/N=C(\C#N)C(=O)NCC(=O)NC(=O)[C@@H]1CCCN1. The molecular weight excluding hydrogens is 266 g/mol. The summed E-state index contributed by atoms with van der Waals surface area (Å²) in [4.78, 5) is 38.7. The Labute approximate surface area is 115 Å². The Kier molecular flexibility index (Phi) is 6.12. The molecular formula is C11H15N5O4. The summed E-state index contributed by atoms with van der Waals surface area (Å²) < 4.78 is 0. The minimum absolute atomic E-state index is 0.376. The number of nitrogens with one attached hydrogen (secondary N) is 3. The molecule has 0 aromatic carbocycles. The van der Waals surface area contributed by atoms with E-state index in [1.165, 1.54) is 13.2 Å². The van der Waals surface area contributed by atoms with E-state index in [1.54, 1.807) is 0 Å². The van der Waals surface area contributed by atoms with Crippen LogP contribution in [0.2, 0.25) is 0 Å². The number of hydrogen-bond donors (Lipinski definition) is 3. The van der Waals surface area contributed by atoms with Crippen LogP contribution in [0.3, 0.4) is 0 Å². The summed E-state index contributed by atoms with van der Waals surface area (Å²) in [6.45, 7) is 0.309. The highest BCUT2D eigenvalue weighted by atomic mass is 16.6. The molecule has 9 nitrogen and oxygen atoms in total. The number of carbonyl (C=O) groups excluding carboxylic acids is 3. The summed E-state index contributed by atoms with van der Waals surface area (Å²) in [6, 6.07) is 1.14. The van der Waals surface area contributed by atoms with Crippen LogP contribution in [0.25, 0.3) is 0 Å². The molecule has 0 aromatic rings. The first kappa shape index (κ1) is 15.6. The van der Waals surface area contributed by atoms with Crippen molar-refractivity contribution in [3.63, 3.8) is 0 Å². The highest BCUT2D eigenvalue weighted by Gasteiger charge is 2.23. The van der Waals surface area contributed by atoms with Gasteiger partial charge in [-0.3, -0.25) is 19.7 Å². The number of imide groups is 1. The molecule has 108 valence electrons. The molecule has 3 amide bonds. The summed E-state index contributed by atoms with van der Waals surface area (Å²) in [6.07, 6.45) is 1.55. The minimum atomic E-state index is -0.851. The maximum Gasteiger partial charge on any atom is 0.284 e. The maximum absolute atomic E-state index is 11.6. The van der Waals surface area contributed by atoms with Crippen LogP contribution in [-0.4, -0.2) is 49.7 Å². The normalized spacial score (nSPS) is 18.0. The fraction of sp³-hybridized carbons (Fsp3) is 0.545. The first-order valence-electron chi connectivity index (χ1n) is 5.95. The molecule has 0 spiro atoms. The van der Waals surface area contributed by atoms with Gasteiger partial charge in [0, 0.05) is 0 Å². The van der Waals surface area contributed by atoms with E-state index in [0.29, 0.717) is 6.42 Å². The molecule has 0 aromatic heterocycles. The summed E-state index contributed by atoms with van der Waals surface area (Å²) in [5.74, 6) is -1.93. The highest BCUT2D eigenvalue weighted by molar-refractivity contribution is 6.45. The lowest BCUT2D eigenvalue weighted by Crippen LogP contribution is -2.47. The van der Waals surface area contributed by atoms with Crippen LogP contribution in [0.15, 0.2) is 5.16 Å². The molecule has 1 atom stereocenters. The van der Waals surface area contributed by atoms with Crippen LogP contribution in [0.4, 0.5) is 0 Å². The van der Waals surface area contributed by atoms with Crippen molar-refractivity contribution in [2.75, 3.05) is 20.2 Å². The molecule has 0 radical (unpaired) electrons. The van der Waals surface area contributed by atoms with Crippen LogP contribution in [0.5, 0.6) is 0 Å². The molecule has 1 saturated heterocycles. The van der Waals surface area contributed by atoms with Gasteiger partial charge in [-0.25, -0.2) is 0 Å². The monoisotopic (exact) mass is 281 g/mol. The van der Waals surface area contributed by atoms with Gasteiger partial charge in [0.1, 0.15) is 13.2 Å². The lowest BCUT2D eigenvalue weighted by atomic mass is 10.2. The predicted octanol–water partition coefficient (Wildman–Crippen LogP) is -1.98. The number of hydrogen-bond acceptors (Lipinski definition) is 7. The van der Waals surface area contributed by atoms with Gasteiger partial charge in [0.2, 0.25) is 17.5 Å². The lowest BCUT2D eigenvalue weighted by Gasteiger charge is -2.10. The van der Waals surface area contributed by atoms with Crippen LogP contribution in [0, 0.1) is 11.3 Å². The zero-order chi connectivity index (χ0) is 15.0. The molecule has 0 unspecified atom stereocenters. The van der Waals surface area contributed by atoms with Gasteiger partial charge < -0.3 is 15.5 Å². The zero-order valence-electron chi connectivity index (χ0n) is 10.9.